The topological polar surface area (TPSA) is 58.6 Å². The standard InChI is InChI=1S/C14H26N2O3S/c1-12(2)6-8-16-9-10-19-13(11-16)5-7-15-20(17,18)14-3-4-14/h6,13-15H,3-5,7-11H2,1-2H3/t13-/m1/s1. The van der Waals surface area contributed by atoms with Crippen LogP contribution in [-0.2, 0) is 14.8 Å². The lowest BCUT2D eigenvalue weighted by Crippen LogP contribution is -2.43. The molecule has 116 valence electrons. The largest absolute Gasteiger partial charge is 0.376 e. The van der Waals surface area contributed by atoms with Gasteiger partial charge in [-0.25, -0.2) is 13.1 Å². The number of allylic oxidation sites excluding steroid dienone is 1. The van der Waals surface area contributed by atoms with Gasteiger partial charge in [-0.2, -0.15) is 0 Å². The molecule has 1 saturated heterocycles. The van der Waals surface area contributed by atoms with Crippen molar-refractivity contribution in [1.82, 2.24) is 9.62 Å². The van der Waals surface area contributed by atoms with Crippen LogP contribution in [0.2, 0.25) is 0 Å². The van der Waals surface area contributed by atoms with Crippen molar-refractivity contribution in [2.45, 2.75) is 44.5 Å². The molecule has 1 aliphatic carbocycles. The van der Waals surface area contributed by atoms with Gasteiger partial charge < -0.3 is 4.74 Å². The van der Waals surface area contributed by atoms with E-state index in [2.05, 4.69) is 29.5 Å². The molecule has 0 radical (unpaired) electrons. The SMILES string of the molecule is CC(C)=CCN1CCO[C@H](CCNS(=O)(=O)C2CC2)C1. The average molecular weight is 302 g/mol. The predicted octanol–water partition coefficient (Wildman–Crippen LogP) is 1.13. The second-order valence-electron chi connectivity index (χ2n) is 5.96. The van der Waals surface area contributed by atoms with Crippen LogP contribution in [0.5, 0.6) is 0 Å². The van der Waals surface area contributed by atoms with Gasteiger partial charge in [0, 0.05) is 26.2 Å². The fraction of sp³-hybridized carbons (Fsp3) is 0.857. The van der Waals surface area contributed by atoms with E-state index in [-0.39, 0.29) is 11.4 Å². The van der Waals surface area contributed by atoms with Gasteiger partial charge in [-0.05, 0) is 33.1 Å². The van der Waals surface area contributed by atoms with E-state index in [0.29, 0.717) is 6.54 Å². The Labute approximate surface area is 122 Å². The molecule has 2 fully saturated rings. The molecule has 1 heterocycles. The third-order valence-electron chi connectivity index (χ3n) is 3.71. The van der Waals surface area contributed by atoms with Crippen LogP contribution in [0.1, 0.15) is 33.1 Å². The van der Waals surface area contributed by atoms with Crippen LogP contribution in [0.3, 0.4) is 0 Å². The lowest BCUT2D eigenvalue weighted by Gasteiger charge is -2.32. The number of hydrogen-bond acceptors (Lipinski definition) is 4. The molecule has 0 aromatic rings. The van der Waals surface area contributed by atoms with Crippen LogP contribution in [0, 0.1) is 0 Å². The van der Waals surface area contributed by atoms with Gasteiger partial charge in [-0.3, -0.25) is 4.90 Å². The molecule has 1 N–H and O–H groups in total. The Hall–Kier alpha value is -0.430. The van der Waals surface area contributed by atoms with Crippen LogP contribution >= 0.6 is 0 Å². The number of rotatable bonds is 7. The third kappa shape index (κ3) is 5.16. The molecule has 0 aromatic carbocycles. The molecule has 0 aromatic heterocycles. The summed E-state index contributed by atoms with van der Waals surface area (Å²) in [6.07, 6.45) is 4.73. The van der Waals surface area contributed by atoms with Crippen molar-refractivity contribution < 1.29 is 13.2 Å². The molecule has 20 heavy (non-hydrogen) atoms. The molecule has 2 rings (SSSR count). The van der Waals surface area contributed by atoms with Gasteiger partial charge in [0.25, 0.3) is 0 Å². The number of nitrogens with one attached hydrogen (secondary N) is 1. The second-order valence-corrected chi connectivity index (χ2v) is 8.01. The zero-order valence-electron chi connectivity index (χ0n) is 12.5. The molecule has 1 saturated carbocycles. The molecule has 0 unspecified atom stereocenters. The normalized spacial score (nSPS) is 24.6. The van der Waals surface area contributed by atoms with E-state index >= 15 is 0 Å². The summed E-state index contributed by atoms with van der Waals surface area (Å²) in [6, 6.07) is 0. The highest BCUT2D eigenvalue weighted by Gasteiger charge is 2.35. The third-order valence-corrected chi connectivity index (χ3v) is 5.67. The van der Waals surface area contributed by atoms with Crippen molar-refractivity contribution in [1.29, 1.82) is 0 Å². The Kier molecular flexibility index (Phi) is 5.60. The molecule has 5 nitrogen and oxygen atoms in total. The van der Waals surface area contributed by atoms with E-state index in [1.165, 1.54) is 5.57 Å². The second kappa shape index (κ2) is 7.02. The van der Waals surface area contributed by atoms with Crippen LogP contribution in [0.4, 0.5) is 0 Å². The van der Waals surface area contributed by atoms with Crippen molar-refractivity contribution >= 4 is 10.0 Å². The van der Waals surface area contributed by atoms with Crippen molar-refractivity contribution in [3.63, 3.8) is 0 Å². The highest BCUT2D eigenvalue weighted by atomic mass is 32.2. The first-order valence-electron chi connectivity index (χ1n) is 7.43. The highest BCUT2D eigenvalue weighted by molar-refractivity contribution is 7.90. The maximum atomic E-state index is 11.7. The minimum atomic E-state index is -3.05. The first-order chi connectivity index (χ1) is 9.47. The fourth-order valence-corrected chi connectivity index (χ4v) is 3.69. The summed E-state index contributed by atoms with van der Waals surface area (Å²) in [5.41, 5.74) is 1.32. The summed E-state index contributed by atoms with van der Waals surface area (Å²) in [7, 11) is -3.05. The lowest BCUT2D eigenvalue weighted by atomic mass is 10.2. The van der Waals surface area contributed by atoms with Gasteiger partial charge in [0.2, 0.25) is 10.0 Å². The minimum Gasteiger partial charge on any atom is -0.376 e. The summed E-state index contributed by atoms with van der Waals surface area (Å²) in [5.74, 6) is 0. The summed E-state index contributed by atoms with van der Waals surface area (Å²) < 4.78 is 31.8. The first-order valence-corrected chi connectivity index (χ1v) is 8.98. The monoisotopic (exact) mass is 302 g/mol. The maximum absolute atomic E-state index is 11.7. The quantitative estimate of drug-likeness (QED) is 0.716. The number of sulfonamides is 1. The van der Waals surface area contributed by atoms with Crippen LogP contribution in [0.25, 0.3) is 0 Å². The van der Waals surface area contributed by atoms with Gasteiger partial charge >= 0.3 is 0 Å². The summed E-state index contributed by atoms with van der Waals surface area (Å²) in [4.78, 5) is 2.36. The first kappa shape index (κ1) is 15.9. The zero-order chi connectivity index (χ0) is 14.6. The summed E-state index contributed by atoms with van der Waals surface area (Å²) in [6.45, 7) is 8.21. The Morgan fingerprint density at radius 2 is 2.15 bits per heavy atom. The highest BCUT2D eigenvalue weighted by Crippen LogP contribution is 2.27. The van der Waals surface area contributed by atoms with Gasteiger partial charge in [0.1, 0.15) is 0 Å². The fourth-order valence-electron chi connectivity index (χ4n) is 2.29. The number of nitrogens with zero attached hydrogens (tertiary/aromatic N) is 1. The molecule has 1 aliphatic heterocycles. The molecule has 0 amide bonds. The number of ether oxygens (including phenoxy) is 1. The molecule has 2 aliphatic rings. The minimum absolute atomic E-state index is 0.135. The Bertz CT molecular complexity index is 439. The predicted molar refractivity (Wildman–Crippen MR) is 80.2 cm³/mol. The van der Waals surface area contributed by atoms with Crippen molar-refractivity contribution in [2.75, 3.05) is 32.8 Å². The Morgan fingerprint density at radius 1 is 1.40 bits per heavy atom. The van der Waals surface area contributed by atoms with Crippen molar-refractivity contribution in [3.8, 4) is 0 Å². The van der Waals surface area contributed by atoms with Crippen LogP contribution in [-0.4, -0.2) is 57.5 Å². The zero-order valence-corrected chi connectivity index (χ0v) is 13.3. The maximum Gasteiger partial charge on any atom is 0.214 e. The van der Waals surface area contributed by atoms with E-state index in [4.69, 9.17) is 4.74 Å². The summed E-state index contributed by atoms with van der Waals surface area (Å²) >= 11 is 0. The molecule has 1 atom stereocenters. The lowest BCUT2D eigenvalue weighted by molar-refractivity contribution is -0.0272. The average Bonchev–Trinajstić information content (AvgIpc) is 3.21. The molecular weight excluding hydrogens is 276 g/mol. The van der Waals surface area contributed by atoms with Gasteiger partial charge in [0.05, 0.1) is 18.0 Å². The molecular formula is C14H26N2O3S. The van der Waals surface area contributed by atoms with Gasteiger partial charge in [-0.1, -0.05) is 11.6 Å². The van der Waals surface area contributed by atoms with E-state index in [1.807, 2.05) is 0 Å². The Morgan fingerprint density at radius 3 is 2.80 bits per heavy atom. The van der Waals surface area contributed by atoms with Crippen molar-refractivity contribution in [3.05, 3.63) is 11.6 Å². The van der Waals surface area contributed by atoms with E-state index in [9.17, 15) is 8.42 Å². The van der Waals surface area contributed by atoms with E-state index in [0.717, 1.165) is 45.5 Å². The molecule has 0 spiro atoms. The Balaban J connectivity index is 1.69. The number of morpholine rings is 1. The molecule has 6 heteroatoms. The van der Waals surface area contributed by atoms with Crippen molar-refractivity contribution in [2.24, 2.45) is 0 Å². The number of hydrogen-bond donors (Lipinski definition) is 1. The van der Waals surface area contributed by atoms with E-state index in [1.54, 1.807) is 0 Å². The smallest absolute Gasteiger partial charge is 0.214 e. The van der Waals surface area contributed by atoms with Gasteiger partial charge in [0.15, 0.2) is 0 Å². The summed E-state index contributed by atoms with van der Waals surface area (Å²) in [5, 5.41) is -0.135. The molecule has 0 bridgehead atoms. The van der Waals surface area contributed by atoms with Gasteiger partial charge in [-0.15, -0.1) is 0 Å². The van der Waals surface area contributed by atoms with E-state index < -0.39 is 10.0 Å². The van der Waals surface area contributed by atoms with Crippen LogP contribution in [0.15, 0.2) is 11.6 Å². The van der Waals surface area contributed by atoms with Crippen LogP contribution < -0.4 is 4.72 Å².